The summed E-state index contributed by atoms with van der Waals surface area (Å²) in [5, 5.41) is 4.52. The van der Waals surface area contributed by atoms with Crippen molar-refractivity contribution in [1.29, 1.82) is 0 Å². The van der Waals surface area contributed by atoms with Crippen molar-refractivity contribution in [3.05, 3.63) is 64.3 Å². The van der Waals surface area contributed by atoms with E-state index in [9.17, 15) is 9.18 Å². The predicted octanol–water partition coefficient (Wildman–Crippen LogP) is 4.80. The number of carbonyl (C=O) groups is 1. The van der Waals surface area contributed by atoms with Gasteiger partial charge in [-0.15, -0.1) is 0 Å². The number of Topliss-reactive ketones (excluding diaryl/α,β-unsaturated/α-hetero) is 1. The van der Waals surface area contributed by atoms with Gasteiger partial charge < -0.3 is 9.26 Å². The van der Waals surface area contributed by atoms with Crippen LogP contribution in [0.4, 0.5) is 4.39 Å². The van der Waals surface area contributed by atoms with Crippen LogP contribution in [0.2, 0.25) is 5.02 Å². The number of carbonyl (C=O) groups excluding carboxylic acids is 1. The number of fused-ring (bicyclic) bond motifs is 1. The molecule has 132 valence electrons. The van der Waals surface area contributed by atoms with E-state index >= 15 is 0 Å². The Hall–Kier alpha value is -2.73. The molecule has 0 aliphatic heterocycles. The second-order valence-electron chi connectivity index (χ2n) is 6.17. The second-order valence-corrected chi connectivity index (χ2v) is 6.61. The molecule has 0 N–H and O–H groups in total. The Balaban J connectivity index is 1.54. The molecule has 1 aromatic heterocycles. The molecule has 7 heteroatoms. The van der Waals surface area contributed by atoms with Gasteiger partial charge in [-0.05, 0) is 42.3 Å². The van der Waals surface area contributed by atoms with Crippen LogP contribution >= 0.6 is 11.6 Å². The van der Waals surface area contributed by atoms with Crippen LogP contribution < -0.4 is 4.74 Å². The quantitative estimate of drug-likeness (QED) is 0.658. The van der Waals surface area contributed by atoms with Gasteiger partial charge in [0, 0.05) is 22.6 Å². The van der Waals surface area contributed by atoms with Crippen molar-refractivity contribution in [1.82, 2.24) is 10.1 Å². The predicted molar refractivity (Wildman–Crippen MR) is 92.8 cm³/mol. The summed E-state index contributed by atoms with van der Waals surface area (Å²) in [4.78, 5) is 16.4. The Morgan fingerprint density at radius 3 is 2.81 bits per heavy atom. The summed E-state index contributed by atoms with van der Waals surface area (Å²) in [6.07, 6.45) is 0.286. The lowest BCUT2D eigenvalue weighted by Crippen LogP contribution is -2.03. The summed E-state index contributed by atoms with van der Waals surface area (Å²) in [6.45, 7) is 1.81. The first kappa shape index (κ1) is 16.7. The third-order valence-corrected chi connectivity index (χ3v) is 4.59. The van der Waals surface area contributed by atoms with Crippen LogP contribution in [0, 0.1) is 5.82 Å². The van der Waals surface area contributed by atoms with Gasteiger partial charge in [0.1, 0.15) is 11.6 Å². The zero-order valence-electron chi connectivity index (χ0n) is 13.8. The Kier molecular flexibility index (Phi) is 4.20. The first-order valence-electron chi connectivity index (χ1n) is 8.10. The lowest BCUT2D eigenvalue weighted by molar-refractivity contribution is 0.0985. The van der Waals surface area contributed by atoms with E-state index in [1.165, 1.54) is 12.1 Å². The first-order chi connectivity index (χ1) is 12.5. The van der Waals surface area contributed by atoms with Crippen LogP contribution in [0.15, 0.2) is 40.9 Å². The van der Waals surface area contributed by atoms with Gasteiger partial charge in [0.15, 0.2) is 12.4 Å². The summed E-state index contributed by atoms with van der Waals surface area (Å²) in [5.74, 6) is 0.353. The van der Waals surface area contributed by atoms with E-state index in [0.717, 1.165) is 5.56 Å². The normalized spacial score (nSPS) is 16.0. The van der Waals surface area contributed by atoms with E-state index in [-0.39, 0.29) is 36.4 Å². The fourth-order valence-corrected chi connectivity index (χ4v) is 3.24. The van der Waals surface area contributed by atoms with Gasteiger partial charge in [-0.1, -0.05) is 23.7 Å². The molecule has 0 unspecified atom stereocenters. The van der Waals surface area contributed by atoms with Crippen LogP contribution in [0.3, 0.4) is 0 Å². The molecule has 1 aliphatic rings. The molecule has 26 heavy (non-hydrogen) atoms. The summed E-state index contributed by atoms with van der Waals surface area (Å²) in [7, 11) is 0. The third-order valence-electron chi connectivity index (χ3n) is 4.34. The maximum Gasteiger partial charge on any atom is 0.264 e. The molecular formula is C19H14ClFN2O3. The first-order valence-corrected chi connectivity index (χ1v) is 8.47. The van der Waals surface area contributed by atoms with Crippen LogP contribution in [0.25, 0.3) is 11.4 Å². The molecule has 1 aliphatic carbocycles. The summed E-state index contributed by atoms with van der Waals surface area (Å²) in [5.41, 5.74) is 1.49. The molecule has 1 atom stereocenters. The lowest BCUT2D eigenvalue weighted by Gasteiger charge is -2.10. The molecule has 0 saturated carbocycles. The van der Waals surface area contributed by atoms with Crippen molar-refractivity contribution in [3.8, 4) is 17.1 Å². The molecular weight excluding hydrogens is 359 g/mol. The molecule has 0 amide bonds. The van der Waals surface area contributed by atoms with Crippen molar-refractivity contribution in [2.24, 2.45) is 0 Å². The van der Waals surface area contributed by atoms with Gasteiger partial charge in [0.2, 0.25) is 5.82 Å². The minimum atomic E-state index is -0.381. The Morgan fingerprint density at radius 2 is 2.04 bits per heavy atom. The maximum absolute atomic E-state index is 14.0. The fraction of sp³-hybridized carbons (Fsp3) is 0.211. The molecule has 3 aromatic rings. The average Bonchev–Trinajstić information content (AvgIpc) is 3.20. The Bertz CT molecular complexity index is 985. The van der Waals surface area contributed by atoms with Crippen LogP contribution in [-0.4, -0.2) is 15.9 Å². The van der Waals surface area contributed by atoms with Gasteiger partial charge in [0.25, 0.3) is 5.89 Å². The van der Waals surface area contributed by atoms with Crippen molar-refractivity contribution in [2.75, 3.05) is 0 Å². The minimum absolute atomic E-state index is 0.0136. The van der Waals surface area contributed by atoms with E-state index < -0.39 is 0 Å². The number of halogens is 2. The smallest absolute Gasteiger partial charge is 0.264 e. The number of rotatable bonds is 4. The van der Waals surface area contributed by atoms with Gasteiger partial charge in [-0.3, -0.25) is 4.79 Å². The standard InChI is InChI=1S/C19H14ClFN2O3/c1-10-8-14(24)18-15(7-6-13(21)17(10)18)25-9-16-22-19(23-26-16)11-2-4-12(20)5-3-11/h2-7,10H,8-9H2,1H3/t10-/m0/s1. The highest BCUT2D eigenvalue weighted by Gasteiger charge is 2.32. The van der Waals surface area contributed by atoms with Gasteiger partial charge in [-0.25, -0.2) is 4.39 Å². The molecule has 5 nitrogen and oxygen atoms in total. The number of hydrogen-bond donors (Lipinski definition) is 0. The van der Waals surface area contributed by atoms with Crippen molar-refractivity contribution in [2.45, 2.75) is 25.9 Å². The Labute approximate surface area is 153 Å². The number of ketones is 1. The van der Waals surface area contributed by atoms with Crippen molar-refractivity contribution < 1.29 is 18.4 Å². The fourth-order valence-electron chi connectivity index (χ4n) is 3.12. The van der Waals surface area contributed by atoms with Crippen LogP contribution in [-0.2, 0) is 6.61 Å². The highest BCUT2D eigenvalue weighted by atomic mass is 35.5. The number of hydrogen-bond acceptors (Lipinski definition) is 5. The monoisotopic (exact) mass is 372 g/mol. The second kappa shape index (κ2) is 6.53. The van der Waals surface area contributed by atoms with E-state index in [2.05, 4.69) is 10.1 Å². The largest absolute Gasteiger partial charge is 0.483 e. The summed E-state index contributed by atoms with van der Waals surface area (Å²) < 4.78 is 24.9. The van der Waals surface area contributed by atoms with E-state index in [4.69, 9.17) is 20.9 Å². The average molecular weight is 373 g/mol. The molecule has 0 saturated heterocycles. The van der Waals surface area contributed by atoms with Crippen molar-refractivity contribution in [3.63, 3.8) is 0 Å². The van der Waals surface area contributed by atoms with E-state index in [1.807, 2.05) is 6.92 Å². The number of aromatic nitrogens is 2. The highest BCUT2D eigenvalue weighted by molar-refractivity contribution is 6.30. The maximum atomic E-state index is 14.0. The zero-order valence-corrected chi connectivity index (χ0v) is 14.6. The summed E-state index contributed by atoms with van der Waals surface area (Å²) >= 11 is 5.86. The third kappa shape index (κ3) is 2.97. The van der Waals surface area contributed by atoms with Crippen LogP contribution in [0.5, 0.6) is 5.75 Å². The topological polar surface area (TPSA) is 65.2 Å². The zero-order chi connectivity index (χ0) is 18.3. The highest BCUT2D eigenvalue weighted by Crippen LogP contribution is 2.39. The number of ether oxygens (including phenoxy) is 1. The molecule has 0 radical (unpaired) electrons. The van der Waals surface area contributed by atoms with E-state index in [0.29, 0.717) is 27.7 Å². The van der Waals surface area contributed by atoms with Gasteiger partial charge in [-0.2, -0.15) is 4.98 Å². The number of nitrogens with zero attached hydrogens (tertiary/aromatic N) is 2. The lowest BCUT2D eigenvalue weighted by atomic mass is 10.0. The Morgan fingerprint density at radius 1 is 1.27 bits per heavy atom. The van der Waals surface area contributed by atoms with Crippen molar-refractivity contribution >= 4 is 17.4 Å². The molecule has 0 bridgehead atoms. The SMILES string of the molecule is C[C@H]1CC(=O)c2c(OCc3nc(-c4ccc(Cl)cc4)no3)ccc(F)c21. The minimum Gasteiger partial charge on any atom is -0.483 e. The van der Waals surface area contributed by atoms with Crippen LogP contribution in [0.1, 0.15) is 41.1 Å². The van der Waals surface area contributed by atoms with Gasteiger partial charge >= 0.3 is 0 Å². The molecule has 4 rings (SSSR count). The molecule has 0 spiro atoms. The molecule has 0 fully saturated rings. The molecule has 2 aromatic carbocycles. The molecule has 1 heterocycles. The van der Waals surface area contributed by atoms with Gasteiger partial charge in [0.05, 0.1) is 5.56 Å². The van der Waals surface area contributed by atoms with E-state index in [1.54, 1.807) is 24.3 Å². The summed E-state index contributed by atoms with van der Waals surface area (Å²) in [6, 6.07) is 9.81. The number of benzene rings is 2.